The van der Waals surface area contributed by atoms with Gasteiger partial charge in [0.2, 0.25) is 0 Å². The third kappa shape index (κ3) is 4.57. The van der Waals surface area contributed by atoms with Crippen molar-refractivity contribution in [3.05, 3.63) is 63.8 Å². The van der Waals surface area contributed by atoms with Crippen molar-refractivity contribution >= 4 is 22.4 Å². The highest BCUT2D eigenvalue weighted by atomic mass is 19.1. The van der Waals surface area contributed by atoms with Gasteiger partial charge in [0.15, 0.2) is 0 Å². The number of anilines is 2. The van der Waals surface area contributed by atoms with Crippen LogP contribution in [-0.2, 0) is 7.05 Å². The molecule has 0 amide bonds. The fourth-order valence-electron chi connectivity index (χ4n) is 5.82. The number of aromatic nitrogens is 2. The average Bonchev–Trinajstić information content (AvgIpc) is 2.87. The summed E-state index contributed by atoms with van der Waals surface area (Å²) in [4.78, 5) is 22.0. The Morgan fingerprint density at radius 3 is 2.44 bits per heavy atom. The van der Waals surface area contributed by atoms with Crippen LogP contribution in [-0.4, -0.2) is 35.2 Å². The smallest absolute Gasteiger partial charge is 0.252 e. The lowest BCUT2D eigenvalue weighted by molar-refractivity contribution is 0.291. The summed E-state index contributed by atoms with van der Waals surface area (Å²) in [5.74, 6) is 0.574. The minimum atomic E-state index is -0.151. The summed E-state index contributed by atoms with van der Waals surface area (Å²) in [5, 5.41) is 9.37. The molecule has 188 valence electrons. The van der Waals surface area contributed by atoms with Crippen LogP contribution in [0.15, 0.2) is 41.2 Å². The number of aryl methyl sites for hydroxylation is 2. The molecule has 0 unspecified atom stereocenters. The molecule has 2 heterocycles. The predicted molar refractivity (Wildman–Crippen MR) is 142 cm³/mol. The minimum absolute atomic E-state index is 0.0807. The molecule has 2 fully saturated rings. The molecule has 0 N–H and O–H groups in total. The molecular formula is C29H34FN5O. The zero-order chi connectivity index (χ0) is 25.4. The lowest BCUT2D eigenvalue weighted by Crippen LogP contribution is -2.46. The van der Waals surface area contributed by atoms with Crippen LogP contribution in [0.1, 0.15) is 56.2 Å². The highest BCUT2D eigenvalue weighted by Crippen LogP contribution is 2.36. The van der Waals surface area contributed by atoms with Crippen LogP contribution in [0.2, 0.25) is 0 Å². The number of hydrogen-bond donors (Lipinski definition) is 0. The van der Waals surface area contributed by atoms with E-state index in [1.165, 1.54) is 19.3 Å². The number of rotatable bonds is 6. The predicted octanol–water partition coefficient (Wildman–Crippen LogP) is 5.31. The van der Waals surface area contributed by atoms with Crippen LogP contribution in [0.4, 0.5) is 15.8 Å². The maximum absolute atomic E-state index is 14.0. The number of nitrogens with zero attached hydrogens (tertiary/aromatic N) is 5. The normalized spacial score (nSPS) is 20.1. The monoisotopic (exact) mass is 487 g/mol. The third-order valence-electron chi connectivity index (χ3n) is 8.37. The highest BCUT2D eigenvalue weighted by Gasteiger charge is 2.31. The summed E-state index contributed by atoms with van der Waals surface area (Å²) in [6.45, 7) is 2.88. The lowest BCUT2D eigenvalue weighted by Gasteiger charge is -2.44. The van der Waals surface area contributed by atoms with E-state index in [4.69, 9.17) is 0 Å². The molecule has 2 saturated carbocycles. The van der Waals surface area contributed by atoms with Crippen molar-refractivity contribution < 1.29 is 4.39 Å². The number of benzene rings is 1. The van der Waals surface area contributed by atoms with Gasteiger partial charge in [0, 0.05) is 44.5 Å². The number of hydrogen-bond acceptors (Lipinski definition) is 5. The van der Waals surface area contributed by atoms with Crippen molar-refractivity contribution in [2.75, 3.05) is 23.4 Å². The molecule has 0 spiro atoms. The second-order valence-corrected chi connectivity index (χ2v) is 10.6. The van der Waals surface area contributed by atoms with Gasteiger partial charge < -0.3 is 14.4 Å². The summed E-state index contributed by atoms with van der Waals surface area (Å²) in [6.07, 6.45) is 7.94. The first kappa shape index (κ1) is 24.3. The van der Waals surface area contributed by atoms with Gasteiger partial charge in [0.05, 0.1) is 11.2 Å². The molecule has 6 nitrogen and oxygen atoms in total. The Bertz CT molecular complexity index is 1360. The van der Waals surface area contributed by atoms with E-state index in [0.717, 1.165) is 55.0 Å². The fourth-order valence-corrected chi connectivity index (χ4v) is 5.82. The van der Waals surface area contributed by atoms with E-state index >= 15 is 0 Å². The molecule has 0 radical (unpaired) electrons. The van der Waals surface area contributed by atoms with E-state index in [0.29, 0.717) is 22.8 Å². The molecule has 1 aromatic carbocycles. The number of halogens is 1. The molecule has 0 saturated heterocycles. The first-order valence-corrected chi connectivity index (χ1v) is 13.0. The molecule has 36 heavy (non-hydrogen) atoms. The van der Waals surface area contributed by atoms with Crippen LogP contribution in [0.3, 0.4) is 0 Å². The third-order valence-corrected chi connectivity index (χ3v) is 8.37. The van der Waals surface area contributed by atoms with Crippen molar-refractivity contribution in [2.45, 2.75) is 64.0 Å². The average molecular weight is 488 g/mol. The van der Waals surface area contributed by atoms with Gasteiger partial charge in [0.1, 0.15) is 23.1 Å². The zero-order valence-electron chi connectivity index (χ0n) is 21.4. The first-order valence-electron chi connectivity index (χ1n) is 13.0. The van der Waals surface area contributed by atoms with Crippen molar-refractivity contribution in [3.63, 3.8) is 0 Å². The molecule has 0 bridgehead atoms. The Morgan fingerprint density at radius 1 is 1.08 bits per heavy atom. The maximum atomic E-state index is 14.0. The van der Waals surface area contributed by atoms with Crippen molar-refractivity contribution in [2.24, 2.45) is 13.0 Å². The lowest BCUT2D eigenvalue weighted by atomic mass is 9.83. The Balaban J connectivity index is 1.37. The molecule has 0 atom stereocenters. The molecule has 3 aromatic rings. The Kier molecular flexibility index (Phi) is 6.70. The Hall–Kier alpha value is -3.40. The van der Waals surface area contributed by atoms with Crippen molar-refractivity contribution in [1.82, 2.24) is 9.55 Å². The SMILES string of the molecule is Cc1cc(N(CC2CCC2)[C@H]2CC[C@@H](N(C)c3cc(=O)n(C)c4ccc(C#N)nc34)CC2)ccc1F. The van der Waals surface area contributed by atoms with Gasteiger partial charge in [-0.1, -0.05) is 6.42 Å². The quantitative estimate of drug-likeness (QED) is 0.472. The van der Waals surface area contributed by atoms with Gasteiger partial charge in [-0.15, -0.1) is 0 Å². The molecule has 7 heteroatoms. The van der Waals surface area contributed by atoms with E-state index in [2.05, 4.69) is 20.9 Å². The molecule has 2 aromatic heterocycles. The number of pyridine rings is 2. The largest absolute Gasteiger partial charge is 0.370 e. The van der Waals surface area contributed by atoms with E-state index in [1.807, 2.05) is 26.1 Å². The Morgan fingerprint density at radius 2 is 1.81 bits per heavy atom. The van der Waals surface area contributed by atoms with E-state index in [-0.39, 0.29) is 17.4 Å². The molecule has 0 aliphatic heterocycles. The molecule has 2 aliphatic carbocycles. The van der Waals surface area contributed by atoms with Crippen LogP contribution in [0.25, 0.3) is 11.0 Å². The van der Waals surface area contributed by atoms with Crippen LogP contribution in [0.5, 0.6) is 0 Å². The molecular weight excluding hydrogens is 453 g/mol. The van der Waals surface area contributed by atoms with Gasteiger partial charge in [-0.25, -0.2) is 9.37 Å². The van der Waals surface area contributed by atoms with Gasteiger partial charge in [-0.2, -0.15) is 5.26 Å². The minimum Gasteiger partial charge on any atom is -0.370 e. The molecule has 2 aliphatic rings. The summed E-state index contributed by atoms with van der Waals surface area (Å²) < 4.78 is 15.6. The van der Waals surface area contributed by atoms with Gasteiger partial charge in [-0.3, -0.25) is 4.79 Å². The first-order chi connectivity index (χ1) is 17.4. The van der Waals surface area contributed by atoms with E-state index in [9.17, 15) is 14.4 Å². The van der Waals surface area contributed by atoms with E-state index in [1.54, 1.807) is 35.9 Å². The standard InChI is InChI=1S/C29H34FN5O/c1-19-15-24(12-13-25(19)30)35(18-20-5-4-6-20)23-10-8-22(9-11-23)33(2)27-16-28(36)34(3)26-14-7-21(17-31)32-29(26)27/h7,12-16,20,22-23H,4-6,8-11,18H2,1-3H3/t22-,23+. The number of nitriles is 1. The van der Waals surface area contributed by atoms with Crippen LogP contribution >= 0.6 is 0 Å². The summed E-state index contributed by atoms with van der Waals surface area (Å²) in [6, 6.07) is 13.5. The maximum Gasteiger partial charge on any atom is 0.252 e. The highest BCUT2D eigenvalue weighted by molar-refractivity contribution is 5.88. The van der Waals surface area contributed by atoms with Crippen LogP contribution < -0.4 is 15.4 Å². The summed E-state index contributed by atoms with van der Waals surface area (Å²) in [5.41, 5.74) is 4.30. The number of fused-ring (bicyclic) bond motifs is 1. The van der Waals surface area contributed by atoms with Crippen molar-refractivity contribution in [3.8, 4) is 6.07 Å². The Labute approximate surface area is 212 Å². The second-order valence-electron chi connectivity index (χ2n) is 10.6. The fraction of sp³-hybridized carbons (Fsp3) is 0.483. The summed E-state index contributed by atoms with van der Waals surface area (Å²) >= 11 is 0. The van der Waals surface area contributed by atoms with Gasteiger partial charge >= 0.3 is 0 Å². The topological polar surface area (TPSA) is 65.2 Å². The van der Waals surface area contributed by atoms with Crippen LogP contribution in [0, 0.1) is 30.0 Å². The summed E-state index contributed by atoms with van der Waals surface area (Å²) in [7, 11) is 3.77. The molecule has 5 rings (SSSR count). The zero-order valence-corrected chi connectivity index (χ0v) is 21.4. The van der Waals surface area contributed by atoms with Gasteiger partial charge in [-0.05, 0) is 87.3 Å². The van der Waals surface area contributed by atoms with Gasteiger partial charge in [0.25, 0.3) is 5.56 Å². The second kappa shape index (κ2) is 9.93. The van der Waals surface area contributed by atoms with Crippen molar-refractivity contribution in [1.29, 1.82) is 5.26 Å². The van der Waals surface area contributed by atoms with E-state index < -0.39 is 0 Å².